The molecule has 0 radical (unpaired) electrons. The van der Waals surface area contributed by atoms with Gasteiger partial charge in [0.15, 0.2) is 0 Å². The highest BCUT2D eigenvalue weighted by molar-refractivity contribution is 5.97. The van der Waals surface area contributed by atoms with Crippen molar-refractivity contribution in [1.82, 2.24) is 0 Å². The van der Waals surface area contributed by atoms with Crippen LogP contribution in [0.25, 0.3) is 0 Å². The molecule has 17 heavy (non-hydrogen) atoms. The molecule has 1 aliphatic rings. The van der Waals surface area contributed by atoms with Crippen molar-refractivity contribution in [2.24, 2.45) is 0 Å². The number of benzene rings is 1. The lowest BCUT2D eigenvalue weighted by Gasteiger charge is -2.03. The molecule has 1 unspecified atom stereocenters. The second kappa shape index (κ2) is 4.73. The van der Waals surface area contributed by atoms with Crippen molar-refractivity contribution in [3.63, 3.8) is 0 Å². The van der Waals surface area contributed by atoms with E-state index < -0.39 is 22.8 Å². The van der Waals surface area contributed by atoms with E-state index in [1.807, 2.05) is 0 Å². The van der Waals surface area contributed by atoms with Crippen LogP contribution in [-0.2, 0) is 14.3 Å². The third kappa shape index (κ3) is 2.47. The highest BCUT2D eigenvalue weighted by Gasteiger charge is 2.34. The molecule has 1 atom stereocenters. The second-order valence-corrected chi connectivity index (χ2v) is 3.40. The van der Waals surface area contributed by atoms with Gasteiger partial charge in [0.1, 0.15) is 0 Å². The van der Waals surface area contributed by atoms with Crippen LogP contribution in [0.15, 0.2) is 24.3 Å². The predicted octanol–water partition coefficient (Wildman–Crippen LogP) is 1.79. The molecule has 1 fully saturated rings. The maximum atomic E-state index is 11.2. The Morgan fingerprint density at radius 3 is 2.24 bits per heavy atom. The fourth-order valence-corrected chi connectivity index (χ4v) is 1.56. The van der Waals surface area contributed by atoms with Gasteiger partial charge in [-0.05, 0) is 5.56 Å². The summed E-state index contributed by atoms with van der Waals surface area (Å²) in [4.78, 5) is 32.0. The Kier molecular flexibility index (Phi) is 3.57. The molecule has 6 nitrogen and oxygen atoms in total. The zero-order valence-corrected chi connectivity index (χ0v) is 8.08. The van der Waals surface area contributed by atoms with Crippen LogP contribution in [-0.4, -0.2) is 16.9 Å². The summed E-state index contributed by atoms with van der Waals surface area (Å²) in [5.74, 6) is -1.79. The molecule has 2 rings (SSSR count). The van der Waals surface area contributed by atoms with E-state index in [1.165, 1.54) is 24.3 Å². The second-order valence-electron chi connectivity index (χ2n) is 3.40. The maximum Gasteiger partial charge on any atom is 0.321 e. The number of cyclic esters (lactones) is 2. The van der Waals surface area contributed by atoms with Gasteiger partial charge in [0.2, 0.25) is 0 Å². The molecular weight excluding hydrogens is 226 g/mol. The summed E-state index contributed by atoms with van der Waals surface area (Å²) in [6.45, 7) is 0. The fraction of sp³-hybridized carbons (Fsp3) is 0.273. The molecule has 1 saturated heterocycles. The van der Waals surface area contributed by atoms with Gasteiger partial charge in [-0.15, -0.1) is 0 Å². The number of carbonyl (C=O) groups is 2. The van der Waals surface area contributed by atoms with Gasteiger partial charge in [-0.25, -0.2) is 0 Å². The third-order valence-electron chi connectivity index (χ3n) is 2.38. The third-order valence-corrected chi connectivity index (χ3v) is 2.38. The molecule has 0 amide bonds. The normalized spacial score (nSPS) is 18.5. The number of hydrogen-bond donors (Lipinski definition) is 0. The van der Waals surface area contributed by atoms with Crippen LogP contribution in [0, 0.1) is 10.1 Å². The molecule has 1 aromatic carbocycles. The lowest BCUT2D eigenvalue weighted by Crippen LogP contribution is -2.05. The van der Waals surface area contributed by atoms with E-state index in [9.17, 15) is 19.7 Å². The predicted molar refractivity (Wildman–Crippen MR) is 58.3 cm³/mol. The minimum Gasteiger partial charge on any atom is -0.393 e. The lowest BCUT2D eigenvalue weighted by atomic mass is 9.98. The van der Waals surface area contributed by atoms with Gasteiger partial charge in [0.25, 0.3) is 5.69 Å². The van der Waals surface area contributed by atoms with Crippen LogP contribution in [0.3, 0.4) is 0 Å². The number of nitro benzene ring substituents is 1. The standard InChI is InChI=1S/C10H7NO5.CH4/c12-9-5-8(10(13)16-9)6-1-3-7(4-2-6)11(14)15;/h1-4,8H,5H2;1H4. The van der Waals surface area contributed by atoms with E-state index >= 15 is 0 Å². The molecule has 0 bridgehead atoms. The number of nitro groups is 1. The van der Waals surface area contributed by atoms with Crippen LogP contribution in [0.4, 0.5) is 5.69 Å². The number of rotatable bonds is 2. The molecule has 1 heterocycles. The maximum absolute atomic E-state index is 11.2. The van der Waals surface area contributed by atoms with Gasteiger partial charge in [0, 0.05) is 12.1 Å². The van der Waals surface area contributed by atoms with Gasteiger partial charge in [-0.2, -0.15) is 0 Å². The number of ether oxygens (including phenoxy) is 1. The zero-order chi connectivity index (χ0) is 11.7. The molecule has 1 aliphatic heterocycles. The van der Waals surface area contributed by atoms with Crippen molar-refractivity contribution < 1.29 is 19.2 Å². The van der Waals surface area contributed by atoms with E-state index in [1.54, 1.807) is 0 Å². The number of carbonyl (C=O) groups excluding carboxylic acids is 2. The average Bonchev–Trinajstić information content (AvgIpc) is 2.58. The van der Waals surface area contributed by atoms with E-state index in [4.69, 9.17) is 0 Å². The Morgan fingerprint density at radius 1 is 1.24 bits per heavy atom. The van der Waals surface area contributed by atoms with Crippen molar-refractivity contribution in [2.75, 3.05) is 0 Å². The quantitative estimate of drug-likeness (QED) is 0.338. The molecular formula is C11H11NO5. The van der Waals surface area contributed by atoms with Crippen LogP contribution < -0.4 is 0 Å². The van der Waals surface area contributed by atoms with Crippen molar-refractivity contribution >= 4 is 17.6 Å². The van der Waals surface area contributed by atoms with Gasteiger partial charge in [0.05, 0.1) is 17.3 Å². The summed E-state index contributed by atoms with van der Waals surface area (Å²) in [5, 5.41) is 10.4. The summed E-state index contributed by atoms with van der Waals surface area (Å²) >= 11 is 0. The lowest BCUT2D eigenvalue weighted by molar-refractivity contribution is -0.384. The highest BCUT2D eigenvalue weighted by atomic mass is 16.6. The monoisotopic (exact) mass is 237 g/mol. The van der Waals surface area contributed by atoms with Crippen LogP contribution in [0.5, 0.6) is 0 Å². The smallest absolute Gasteiger partial charge is 0.321 e. The minimum absolute atomic E-state index is 0. The van der Waals surface area contributed by atoms with Crippen molar-refractivity contribution in [3.05, 3.63) is 39.9 Å². The molecule has 6 heteroatoms. The first kappa shape index (κ1) is 12.8. The van der Waals surface area contributed by atoms with Gasteiger partial charge >= 0.3 is 11.9 Å². The molecule has 0 aliphatic carbocycles. The molecule has 0 saturated carbocycles. The molecule has 0 N–H and O–H groups in total. The first-order chi connectivity index (χ1) is 7.58. The topological polar surface area (TPSA) is 86.5 Å². The summed E-state index contributed by atoms with van der Waals surface area (Å²) < 4.78 is 4.39. The first-order valence-corrected chi connectivity index (χ1v) is 4.57. The largest absolute Gasteiger partial charge is 0.393 e. The Balaban J connectivity index is 0.00000144. The number of hydrogen-bond acceptors (Lipinski definition) is 5. The van der Waals surface area contributed by atoms with Gasteiger partial charge in [-0.1, -0.05) is 19.6 Å². The SMILES string of the molecule is C.O=C1CC(c2ccc([N+](=O)[O-])cc2)C(=O)O1. The Hall–Kier alpha value is -2.24. The number of nitrogens with zero attached hydrogens (tertiary/aromatic N) is 1. The van der Waals surface area contributed by atoms with Gasteiger partial charge < -0.3 is 4.74 Å². The van der Waals surface area contributed by atoms with Gasteiger partial charge in [-0.3, -0.25) is 19.7 Å². The Morgan fingerprint density at radius 2 is 1.82 bits per heavy atom. The molecule has 90 valence electrons. The summed E-state index contributed by atoms with van der Waals surface area (Å²) in [6, 6.07) is 5.52. The minimum atomic E-state index is -0.631. The average molecular weight is 237 g/mol. The summed E-state index contributed by atoms with van der Waals surface area (Å²) in [7, 11) is 0. The van der Waals surface area contributed by atoms with Crippen LogP contribution in [0.2, 0.25) is 0 Å². The van der Waals surface area contributed by atoms with Crippen molar-refractivity contribution in [1.29, 1.82) is 0 Å². The first-order valence-electron chi connectivity index (χ1n) is 4.57. The Labute approximate surface area is 97.3 Å². The fourth-order valence-electron chi connectivity index (χ4n) is 1.56. The summed E-state index contributed by atoms with van der Waals surface area (Å²) in [6.07, 6.45) is -0.00333. The molecule has 1 aromatic rings. The van der Waals surface area contributed by atoms with Crippen molar-refractivity contribution in [3.8, 4) is 0 Å². The van der Waals surface area contributed by atoms with Crippen LogP contribution in [0.1, 0.15) is 25.3 Å². The Bertz CT molecular complexity index is 465. The number of esters is 2. The zero-order valence-electron chi connectivity index (χ0n) is 8.08. The van der Waals surface area contributed by atoms with E-state index in [-0.39, 0.29) is 19.5 Å². The molecule has 0 aromatic heterocycles. The highest BCUT2D eigenvalue weighted by Crippen LogP contribution is 2.28. The van der Waals surface area contributed by atoms with E-state index in [2.05, 4.69) is 4.74 Å². The molecule has 0 spiro atoms. The van der Waals surface area contributed by atoms with Crippen LogP contribution >= 0.6 is 0 Å². The summed E-state index contributed by atoms with van der Waals surface area (Å²) in [5.41, 5.74) is 0.503. The number of non-ortho nitro benzene ring substituents is 1. The van der Waals surface area contributed by atoms with Crippen molar-refractivity contribution in [2.45, 2.75) is 19.8 Å². The van der Waals surface area contributed by atoms with E-state index in [0.29, 0.717) is 5.56 Å². The van der Waals surface area contributed by atoms with E-state index in [0.717, 1.165) is 0 Å².